The van der Waals surface area contributed by atoms with Gasteiger partial charge in [-0.3, -0.25) is 0 Å². The molecule has 0 spiro atoms. The lowest BCUT2D eigenvalue weighted by Crippen LogP contribution is -2.40. The van der Waals surface area contributed by atoms with E-state index < -0.39 is 0 Å². The lowest BCUT2D eigenvalue weighted by atomic mass is 9.98. The van der Waals surface area contributed by atoms with Crippen molar-refractivity contribution < 1.29 is 0 Å². The Balaban J connectivity index is 1.53. The number of piperidine rings is 1. The first-order valence-electron chi connectivity index (χ1n) is 7.99. The van der Waals surface area contributed by atoms with Crippen LogP contribution in [0.25, 0.3) is 10.2 Å². The Morgan fingerprint density at radius 1 is 1.33 bits per heavy atom. The second-order valence-corrected chi connectivity index (χ2v) is 7.64. The Morgan fingerprint density at radius 3 is 3.10 bits per heavy atom. The van der Waals surface area contributed by atoms with Gasteiger partial charge in [0.15, 0.2) is 0 Å². The van der Waals surface area contributed by atoms with E-state index in [2.05, 4.69) is 33.2 Å². The van der Waals surface area contributed by atoms with Crippen LogP contribution in [-0.4, -0.2) is 35.6 Å². The summed E-state index contributed by atoms with van der Waals surface area (Å²) in [7, 11) is 0. The van der Waals surface area contributed by atoms with Crippen LogP contribution in [0.15, 0.2) is 12.4 Å². The van der Waals surface area contributed by atoms with Crippen LogP contribution in [0, 0.1) is 12.8 Å². The van der Waals surface area contributed by atoms with Gasteiger partial charge in [-0.05, 0) is 51.1 Å². The summed E-state index contributed by atoms with van der Waals surface area (Å²) in [6, 6.07) is 3.05. The Morgan fingerprint density at radius 2 is 2.24 bits per heavy atom. The van der Waals surface area contributed by atoms with Gasteiger partial charge in [0, 0.05) is 24.0 Å². The molecule has 1 N–H and O–H groups in total. The lowest BCUT2D eigenvalue weighted by molar-refractivity contribution is 0.390. The Kier molecular flexibility index (Phi) is 3.55. The van der Waals surface area contributed by atoms with Gasteiger partial charge in [-0.25, -0.2) is 9.97 Å². The molecule has 1 saturated carbocycles. The van der Waals surface area contributed by atoms with Crippen LogP contribution in [0.2, 0.25) is 0 Å². The van der Waals surface area contributed by atoms with E-state index in [-0.39, 0.29) is 0 Å². The number of rotatable bonds is 4. The molecule has 21 heavy (non-hydrogen) atoms. The van der Waals surface area contributed by atoms with Crippen LogP contribution < -0.4 is 10.2 Å². The van der Waals surface area contributed by atoms with E-state index in [1.165, 1.54) is 35.9 Å². The van der Waals surface area contributed by atoms with Crippen LogP contribution in [0.1, 0.15) is 30.6 Å². The van der Waals surface area contributed by atoms with E-state index in [4.69, 9.17) is 0 Å². The fourth-order valence-corrected chi connectivity index (χ4v) is 4.10. The summed E-state index contributed by atoms with van der Waals surface area (Å²) >= 11 is 1.76. The molecule has 112 valence electrons. The maximum absolute atomic E-state index is 4.59. The first-order valence-corrected chi connectivity index (χ1v) is 8.81. The smallest absolute Gasteiger partial charge is 0.140 e. The van der Waals surface area contributed by atoms with Crippen molar-refractivity contribution >= 4 is 27.4 Å². The van der Waals surface area contributed by atoms with Crippen molar-refractivity contribution in [2.24, 2.45) is 5.92 Å². The highest BCUT2D eigenvalue weighted by atomic mass is 32.1. The summed E-state index contributed by atoms with van der Waals surface area (Å²) in [4.78, 5) is 13.9. The summed E-state index contributed by atoms with van der Waals surface area (Å²) in [5.41, 5.74) is 0. The van der Waals surface area contributed by atoms with Crippen LogP contribution in [0.4, 0.5) is 5.82 Å². The molecular formula is C16H22N4S. The Hall–Kier alpha value is -1.20. The van der Waals surface area contributed by atoms with Gasteiger partial charge in [0.1, 0.15) is 17.0 Å². The van der Waals surface area contributed by atoms with Crippen molar-refractivity contribution in [2.45, 2.75) is 38.6 Å². The number of aryl methyl sites for hydroxylation is 1. The van der Waals surface area contributed by atoms with Gasteiger partial charge in [0.25, 0.3) is 0 Å². The molecule has 2 aliphatic rings. The molecule has 4 rings (SSSR count). The van der Waals surface area contributed by atoms with E-state index in [1.54, 1.807) is 17.7 Å². The van der Waals surface area contributed by atoms with Gasteiger partial charge in [-0.1, -0.05) is 0 Å². The topological polar surface area (TPSA) is 41.0 Å². The van der Waals surface area contributed by atoms with E-state index in [0.29, 0.717) is 0 Å². The molecule has 2 aromatic rings. The molecule has 0 amide bonds. The summed E-state index contributed by atoms with van der Waals surface area (Å²) in [5, 5.41) is 4.91. The minimum absolute atomic E-state index is 0.754. The first kappa shape index (κ1) is 13.5. The molecule has 5 heteroatoms. The summed E-state index contributed by atoms with van der Waals surface area (Å²) < 4.78 is 0. The highest BCUT2D eigenvalue weighted by Crippen LogP contribution is 2.32. The third-order valence-electron chi connectivity index (χ3n) is 4.52. The second kappa shape index (κ2) is 5.54. The normalized spacial score (nSPS) is 22.9. The Bertz CT molecular complexity index is 634. The number of anilines is 1. The standard InChI is InChI=1S/C16H22N4S/c1-11-7-14-15(18-10-19-16(14)21-11)20-6-2-3-12(9-20)8-17-13-4-5-13/h7,10,12-13,17H,2-6,8-9H2,1H3. The summed E-state index contributed by atoms with van der Waals surface area (Å²) in [6.45, 7) is 5.56. The predicted octanol–water partition coefficient (Wildman–Crippen LogP) is 2.97. The molecule has 1 unspecified atom stereocenters. The van der Waals surface area contributed by atoms with Gasteiger partial charge < -0.3 is 10.2 Å². The maximum Gasteiger partial charge on any atom is 0.140 e. The molecule has 0 aromatic carbocycles. The van der Waals surface area contributed by atoms with E-state index in [0.717, 1.165) is 42.2 Å². The second-order valence-electron chi connectivity index (χ2n) is 6.41. The van der Waals surface area contributed by atoms with Gasteiger partial charge in [-0.2, -0.15) is 0 Å². The number of nitrogens with zero attached hydrogens (tertiary/aromatic N) is 3. The molecule has 0 bridgehead atoms. The maximum atomic E-state index is 4.59. The van der Waals surface area contributed by atoms with Crippen molar-refractivity contribution in [3.05, 3.63) is 17.3 Å². The number of thiophene rings is 1. The van der Waals surface area contributed by atoms with Crippen molar-refractivity contribution in [1.29, 1.82) is 0 Å². The molecule has 1 aliphatic heterocycles. The first-order chi connectivity index (χ1) is 10.3. The monoisotopic (exact) mass is 302 g/mol. The average molecular weight is 302 g/mol. The van der Waals surface area contributed by atoms with E-state index in [1.807, 2.05) is 0 Å². The fraction of sp³-hybridized carbons (Fsp3) is 0.625. The molecular weight excluding hydrogens is 280 g/mol. The van der Waals surface area contributed by atoms with Crippen molar-refractivity contribution in [1.82, 2.24) is 15.3 Å². The number of fused-ring (bicyclic) bond motifs is 1. The number of nitrogens with one attached hydrogen (secondary N) is 1. The molecule has 4 nitrogen and oxygen atoms in total. The molecule has 2 aromatic heterocycles. The molecule has 1 atom stereocenters. The SMILES string of the molecule is Cc1cc2c(N3CCCC(CNC4CC4)C3)ncnc2s1. The quantitative estimate of drug-likeness (QED) is 0.943. The van der Waals surface area contributed by atoms with E-state index >= 15 is 0 Å². The summed E-state index contributed by atoms with van der Waals surface area (Å²) in [6.07, 6.45) is 7.08. The van der Waals surface area contributed by atoms with Gasteiger partial charge in [-0.15, -0.1) is 11.3 Å². The predicted molar refractivity (Wildman–Crippen MR) is 88.1 cm³/mol. The van der Waals surface area contributed by atoms with Crippen LogP contribution in [0.3, 0.4) is 0 Å². The summed E-state index contributed by atoms with van der Waals surface area (Å²) in [5.74, 6) is 1.89. The number of aromatic nitrogens is 2. The zero-order chi connectivity index (χ0) is 14.2. The molecule has 1 aliphatic carbocycles. The zero-order valence-electron chi connectivity index (χ0n) is 12.5. The van der Waals surface area contributed by atoms with Crippen molar-refractivity contribution in [3.8, 4) is 0 Å². The van der Waals surface area contributed by atoms with Crippen LogP contribution >= 0.6 is 11.3 Å². The van der Waals surface area contributed by atoms with Crippen molar-refractivity contribution in [3.63, 3.8) is 0 Å². The molecule has 3 heterocycles. The van der Waals surface area contributed by atoms with Gasteiger partial charge in [0.05, 0.1) is 5.39 Å². The Labute approximate surface area is 129 Å². The van der Waals surface area contributed by atoms with Crippen molar-refractivity contribution in [2.75, 3.05) is 24.5 Å². The number of hydrogen-bond acceptors (Lipinski definition) is 5. The largest absolute Gasteiger partial charge is 0.356 e. The number of hydrogen-bond donors (Lipinski definition) is 1. The third kappa shape index (κ3) is 2.90. The average Bonchev–Trinajstić information content (AvgIpc) is 3.24. The molecule has 1 saturated heterocycles. The molecule has 0 radical (unpaired) electrons. The lowest BCUT2D eigenvalue weighted by Gasteiger charge is -2.34. The minimum Gasteiger partial charge on any atom is -0.356 e. The third-order valence-corrected chi connectivity index (χ3v) is 5.48. The van der Waals surface area contributed by atoms with Gasteiger partial charge in [0.2, 0.25) is 0 Å². The zero-order valence-corrected chi connectivity index (χ0v) is 13.3. The van der Waals surface area contributed by atoms with Crippen LogP contribution in [0.5, 0.6) is 0 Å². The highest BCUT2D eigenvalue weighted by Gasteiger charge is 2.26. The fourth-order valence-electron chi connectivity index (χ4n) is 3.26. The van der Waals surface area contributed by atoms with Crippen LogP contribution in [-0.2, 0) is 0 Å². The minimum atomic E-state index is 0.754. The van der Waals surface area contributed by atoms with E-state index in [9.17, 15) is 0 Å². The highest BCUT2D eigenvalue weighted by molar-refractivity contribution is 7.18. The molecule has 2 fully saturated rings. The van der Waals surface area contributed by atoms with Gasteiger partial charge >= 0.3 is 0 Å².